The Morgan fingerprint density at radius 2 is 1.80 bits per heavy atom. The molecule has 3 aromatic heterocycles. The summed E-state index contributed by atoms with van der Waals surface area (Å²) in [5.41, 5.74) is 6.18. The van der Waals surface area contributed by atoms with Gasteiger partial charge in [-0.25, -0.2) is 19.9 Å². The topological polar surface area (TPSA) is 124 Å². The molecule has 4 heterocycles. The molecule has 294 valence electrons. The van der Waals surface area contributed by atoms with E-state index in [1.807, 2.05) is 38.4 Å². The number of nitrogens with zero attached hydrogens (tertiary/aromatic N) is 6. The van der Waals surface area contributed by atoms with Crippen LogP contribution in [0, 0.1) is 11.8 Å². The Kier molecular flexibility index (Phi) is 10.0. The van der Waals surface area contributed by atoms with E-state index in [-0.39, 0.29) is 23.7 Å². The van der Waals surface area contributed by atoms with Crippen LogP contribution in [0.4, 0.5) is 5.82 Å². The molecule has 2 aromatic carbocycles. The van der Waals surface area contributed by atoms with E-state index in [4.69, 9.17) is 33.9 Å². The second kappa shape index (κ2) is 14.7. The molecule has 2 saturated carbocycles. The Morgan fingerprint density at radius 3 is 2.55 bits per heavy atom. The number of nitrogens with one attached hydrogen (secondary N) is 2. The van der Waals surface area contributed by atoms with Crippen LogP contribution < -0.4 is 14.8 Å². The Bertz CT molecular complexity index is 2130. The first-order valence-corrected chi connectivity index (χ1v) is 20.0. The predicted molar refractivity (Wildman–Crippen MR) is 215 cm³/mol. The van der Waals surface area contributed by atoms with Crippen molar-refractivity contribution in [3.05, 3.63) is 66.0 Å². The fourth-order valence-corrected chi connectivity index (χ4v) is 9.16. The minimum Gasteiger partial charge on any atom is -0.497 e. The third-order valence-electron chi connectivity index (χ3n) is 12.2. The first-order chi connectivity index (χ1) is 26.3. The molecule has 12 nitrogen and oxygen atoms in total. The molecule has 0 amide bonds. The van der Waals surface area contributed by atoms with Crippen molar-refractivity contribution >= 4 is 28.0 Å². The molecule has 0 spiro atoms. The number of methoxy groups -OCH3 is 2. The summed E-state index contributed by atoms with van der Waals surface area (Å²) in [6, 6.07) is 13.5. The number of aromatic amines is 1. The van der Waals surface area contributed by atoms with E-state index < -0.39 is 5.79 Å². The van der Waals surface area contributed by atoms with Crippen molar-refractivity contribution in [3.8, 4) is 11.5 Å². The number of ether oxygens (including phenoxy) is 4. The minimum atomic E-state index is -0.656. The van der Waals surface area contributed by atoms with Gasteiger partial charge in [0.15, 0.2) is 17.3 Å². The number of H-pyrrole nitrogens is 1. The molecule has 55 heavy (non-hydrogen) atoms. The Morgan fingerprint density at radius 1 is 1.00 bits per heavy atom. The molecular weight excluding hydrogens is 693 g/mol. The summed E-state index contributed by atoms with van der Waals surface area (Å²) >= 11 is 0. The second-order valence-corrected chi connectivity index (χ2v) is 17.7. The van der Waals surface area contributed by atoms with Crippen LogP contribution in [0.3, 0.4) is 0 Å². The van der Waals surface area contributed by atoms with E-state index in [0.29, 0.717) is 36.3 Å². The normalized spacial score (nSPS) is 24.9. The first kappa shape index (κ1) is 37.7. The van der Waals surface area contributed by atoms with Gasteiger partial charge in [-0.05, 0) is 94.5 Å². The van der Waals surface area contributed by atoms with Crippen LogP contribution in [0.25, 0.3) is 22.2 Å². The van der Waals surface area contributed by atoms with Gasteiger partial charge in [-0.1, -0.05) is 26.8 Å². The smallest absolute Gasteiger partial charge is 0.165 e. The van der Waals surface area contributed by atoms with E-state index in [0.717, 1.165) is 70.9 Å². The van der Waals surface area contributed by atoms with Gasteiger partial charge in [0.2, 0.25) is 0 Å². The van der Waals surface area contributed by atoms with Crippen molar-refractivity contribution in [3.63, 3.8) is 0 Å². The Balaban J connectivity index is 0.932. The lowest BCUT2D eigenvalue weighted by Gasteiger charge is -2.46. The standard InChI is InChI=1S/C43H58N8O4/c1-25(2)50(30-16-26(17-30)10-15-36-48-32-14-12-29(42(3,4)5)19-33(32)49-36)22-28-18-34(39-38(28)54-43(6,7)55-39)51-24-47-37-40(45-23-46-41(37)51)44-21-27-11-13-31(52-8)20-35(27)53-9/h11-14,19-20,23-26,28,30,34,38-39H,10,15-18,21-22H2,1-9H3,(H,48,49)(H,44,45,46). The van der Waals surface area contributed by atoms with Crippen molar-refractivity contribution in [1.82, 2.24) is 34.4 Å². The molecule has 2 aliphatic carbocycles. The average molecular weight is 751 g/mol. The van der Waals surface area contributed by atoms with E-state index in [1.165, 1.54) is 18.4 Å². The van der Waals surface area contributed by atoms with Crippen LogP contribution in [0.5, 0.6) is 11.5 Å². The molecule has 8 rings (SSSR count). The van der Waals surface area contributed by atoms with Crippen LogP contribution in [0.1, 0.15) is 97.1 Å². The van der Waals surface area contributed by atoms with E-state index >= 15 is 0 Å². The number of benzene rings is 2. The maximum atomic E-state index is 6.69. The summed E-state index contributed by atoms with van der Waals surface area (Å²) in [5.74, 6) is 3.64. The number of hydrogen-bond donors (Lipinski definition) is 2. The number of imidazole rings is 2. The maximum absolute atomic E-state index is 6.69. The van der Waals surface area contributed by atoms with Gasteiger partial charge in [0.05, 0.1) is 43.7 Å². The number of aryl methyl sites for hydroxylation is 1. The molecule has 3 aliphatic rings. The quantitative estimate of drug-likeness (QED) is 0.123. The monoisotopic (exact) mass is 750 g/mol. The van der Waals surface area contributed by atoms with E-state index in [9.17, 15) is 0 Å². The molecule has 0 radical (unpaired) electrons. The lowest BCUT2D eigenvalue weighted by atomic mass is 9.76. The van der Waals surface area contributed by atoms with Gasteiger partial charge in [0.25, 0.3) is 0 Å². The molecule has 2 N–H and O–H groups in total. The van der Waals surface area contributed by atoms with Crippen molar-refractivity contribution in [2.45, 2.75) is 129 Å². The van der Waals surface area contributed by atoms with Crippen LogP contribution in [-0.2, 0) is 27.9 Å². The highest BCUT2D eigenvalue weighted by atomic mass is 16.8. The fraction of sp³-hybridized carbons (Fsp3) is 0.581. The van der Waals surface area contributed by atoms with Crippen molar-refractivity contribution in [2.75, 3.05) is 26.1 Å². The zero-order valence-corrected chi connectivity index (χ0v) is 33.9. The summed E-state index contributed by atoms with van der Waals surface area (Å²) in [4.78, 5) is 25.4. The van der Waals surface area contributed by atoms with Crippen LogP contribution in [0.2, 0.25) is 0 Å². The number of aromatic nitrogens is 6. The zero-order chi connectivity index (χ0) is 38.6. The highest BCUT2D eigenvalue weighted by Crippen LogP contribution is 2.49. The van der Waals surface area contributed by atoms with Gasteiger partial charge < -0.3 is 33.8 Å². The largest absolute Gasteiger partial charge is 0.497 e. The molecule has 3 fully saturated rings. The molecule has 4 atom stereocenters. The number of fused-ring (bicyclic) bond motifs is 3. The Hall–Kier alpha value is -4.26. The number of rotatable bonds is 13. The lowest BCUT2D eigenvalue weighted by molar-refractivity contribution is -0.161. The zero-order valence-electron chi connectivity index (χ0n) is 33.9. The SMILES string of the molecule is COc1ccc(CNc2ncnc3c2ncn3C2CC(CN(C(C)C)C3CC(CCc4nc5ccc(C(C)(C)C)cc5[nH]4)C3)C3OC(C)(C)OC32)c(OC)c1. The van der Waals surface area contributed by atoms with Crippen LogP contribution in [-0.4, -0.2) is 85.2 Å². The minimum absolute atomic E-state index is 0.0107. The van der Waals surface area contributed by atoms with Gasteiger partial charge in [0.1, 0.15) is 35.3 Å². The van der Waals surface area contributed by atoms with Crippen LogP contribution in [0.15, 0.2) is 49.1 Å². The van der Waals surface area contributed by atoms with Gasteiger partial charge >= 0.3 is 0 Å². The number of anilines is 1. The Labute approximate surface area is 324 Å². The summed E-state index contributed by atoms with van der Waals surface area (Å²) in [6.45, 7) is 17.0. The van der Waals surface area contributed by atoms with Gasteiger partial charge in [0, 0.05) is 49.1 Å². The van der Waals surface area contributed by atoms with Gasteiger partial charge in [-0.15, -0.1) is 0 Å². The summed E-state index contributed by atoms with van der Waals surface area (Å²) in [7, 11) is 3.31. The molecule has 5 aromatic rings. The van der Waals surface area contributed by atoms with Crippen molar-refractivity contribution in [2.24, 2.45) is 11.8 Å². The molecule has 1 aliphatic heterocycles. The highest BCUT2D eigenvalue weighted by molar-refractivity contribution is 5.82. The molecule has 12 heteroatoms. The average Bonchev–Trinajstić information content (AvgIpc) is 3.90. The van der Waals surface area contributed by atoms with Crippen molar-refractivity contribution < 1.29 is 18.9 Å². The molecule has 4 unspecified atom stereocenters. The third-order valence-corrected chi connectivity index (χ3v) is 12.2. The second-order valence-electron chi connectivity index (χ2n) is 17.7. The predicted octanol–water partition coefficient (Wildman–Crippen LogP) is 7.83. The van der Waals surface area contributed by atoms with E-state index in [1.54, 1.807) is 20.5 Å². The summed E-state index contributed by atoms with van der Waals surface area (Å²) in [5, 5.41) is 3.47. The highest BCUT2D eigenvalue weighted by Gasteiger charge is 2.55. The fourth-order valence-electron chi connectivity index (χ4n) is 9.16. The summed E-state index contributed by atoms with van der Waals surface area (Å²) in [6.07, 6.45) is 8.93. The van der Waals surface area contributed by atoms with Crippen molar-refractivity contribution in [1.29, 1.82) is 0 Å². The first-order valence-electron chi connectivity index (χ1n) is 20.0. The maximum Gasteiger partial charge on any atom is 0.165 e. The molecule has 1 saturated heterocycles. The lowest BCUT2D eigenvalue weighted by Crippen LogP contribution is -2.51. The van der Waals surface area contributed by atoms with Crippen LogP contribution >= 0.6 is 0 Å². The third kappa shape index (κ3) is 7.52. The molecular formula is C43H58N8O4. The van der Waals surface area contributed by atoms with Gasteiger partial charge in [-0.2, -0.15) is 0 Å². The van der Waals surface area contributed by atoms with E-state index in [2.05, 4.69) is 77.6 Å². The number of hydrogen-bond acceptors (Lipinski definition) is 10. The van der Waals surface area contributed by atoms with Gasteiger partial charge in [-0.3, -0.25) is 4.90 Å². The summed E-state index contributed by atoms with van der Waals surface area (Å²) < 4.78 is 26.5. The molecule has 0 bridgehead atoms.